The van der Waals surface area contributed by atoms with Crippen molar-refractivity contribution in [3.05, 3.63) is 23.3 Å². The largest absolute Gasteiger partial charge is 0.369 e. The standard InChI is InChI=1S/C11H18O/c1-8(2)5-11-6-9(3)10(4)7-12-11/h5-6,10-11H,7H2,1-4H3. The van der Waals surface area contributed by atoms with E-state index in [2.05, 4.69) is 39.8 Å². The first kappa shape index (κ1) is 9.53. The Morgan fingerprint density at radius 1 is 1.58 bits per heavy atom. The molecule has 1 heterocycles. The molecule has 0 spiro atoms. The Morgan fingerprint density at radius 2 is 2.25 bits per heavy atom. The molecule has 1 nitrogen and oxygen atoms in total. The molecule has 0 fully saturated rings. The lowest BCUT2D eigenvalue weighted by Crippen LogP contribution is -2.20. The van der Waals surface area contributed by atoms with E-state index in [1.54, 1.807) is 0 Å². The van der Waals surface area contributed by atoms with Crippen LogP contribution in [0.5, 0.6) is 0 Å². The van der Waals surface area contributed by atoms with Gasteiger partial charge in [0.15, 0.2) is 0 Å². The Kier molecular flexibility index (Phi) is 3.10. The summed E-state index contributed by atoms with van der Waals surface area (Å²) < 4.78 is 5.62. The van der Waals surface area contributed by atoms with Crippen molar-refractivity contribution in [1.29, 1.82) is 0 Å². The molecule has 1 heteroatoms. The van der Waals surface area contributed by atoms with Crippen molar-refractivity contribution in [3.63, 3.8) is 0 Å². The minimum Gasteiger partial charge on any atom is -0.369 e. The minimum absolute atomic E-state index is 0.214. The Bertz CT molecular complexity index is 209. The van der Waals surface area contributed by atoms with Gasteiger partial charge in [-0.1, -0.05) is 30.2 Å². The van der Waals surface area contributed by atoms with E-state index in [9.17, 15) is 0 Å². The summed E-state index contributed by atoms with van der Waals surface area (Å²) >= 11 is 0. The molecule has 0 aromatic carbocycles. The molecule has 68 valence electrons. The molecule has 0 N–H and O–H groups in total. The molecule has 0 amide bonds. The summed E-state index contributed by atoms with van der Waals surface area (Å²) in [6, 6.07) is 0. The Morgan fingerprint density at radius 3 is 2.75 bits per heavy atom. The van der Waals surface area contributed by atoms with E-state index in [0.717, 1.165) is 6.61 Å². The molecule has 1 rings (SSSR count). The lowest BCUT2D eigenvalue weighted by molar-refractivity contribution is 0.0820. The molecule has 1 aliphatic rings. The van der Waals surface area contributed by atoms with E-state index >= 15 is 0 Å². The summed E-state index contributed by atoms with van der Waals surface area (Å²) in [5.41, 5.74) is 2.77. The van der Waals surface area contributed by atoms with Gasteiger partial charge in [-0.3, -0.25) is 0 Å². The summed E-state index contributed by atoms with van der Waals surface area (Å²) in [6.07, 6.45) is 4.59. The number of rotatable bonds is 1. The van der Waals surface area contributed by atoms with E-state index in [4.69, 9.17) is 4.74 Å². The topological polar surface area (TPSA) is 9.23 Å². The number of ether oxygens (including phenoxy) is 1. The predicted octanol–water partition coefficient (Wildman–Crippen LogP) is 2.93. The molecule has 0 aliphatic carbocycles. The molecule has 2 unspecified atom stereocenters. The van der Waals surface area contributed by atoms with E-state index < -0.39 is 0 Å². The SMILES string of the molecule is CC(C)=CC1C=C(C)C(C)CO1. The second kappa shape index (κ2) is 3.90. The van der Waals surface area contributed by atoms with Crippen molar-refractivity contribution in [1.82, 2.24) is 0 Å². The fourth-order valence-electron chi connectivity index (χ4n) is 1.28. The van der Waals surface area contributed by atoms with Crippen molar-refractivity contribution < 1.29 is 4.74 Å². The molecule has 0 aromatic heterocycles. The van der Waals surface area contributed by atoms with Gasteiger partial charge >= 0.3 is 0 Å². The maximum Gasteiger partial charge on any atom is 0.0942 e. The molecular weight excluding hydrogens is 148 g/mol. The molecule has 2 atom stereocenters. The van der Waals surface area contributed by atoms with Crippen LogP contribution in [0.2, 0.25) is 0 Å². The fourth-order valence-corrected chi connectivity index (χ4v) is 1.28. The zero-order chi connectivity index (χ0) is 9.14. The predicted molar refractivity (Wildman–Crippen MR) is 52.1 cm³/mol. The van der Waals surface area contributed by atoms with Gasteiger partial charge in [-0.05, 0) is 20.8 Å². The van der Waals surface area contributed by atoms with E-state index in [1.807, 2.05) is 0 Å². The van der Waals surface area contributed by atoms with Gasteiger partial charge in [-0.15, -0.1) is 0 Å². The van der Waals surface area contributed by atoms with Gasteiger partial charge < -0.3 is 4.74 Å². The summed E-state index contributed by atoms with van der Waals surface area (Å²) in [6.45, 7) is 9.44. The maximum atomic E-state index is 5.62. The fraction of sp³-hybridized carbons (Fsp3) is 0.636. The maximum absolute atomic E-state index is 5.62. The van der Waals surface area contributed by atoms with Crippen LogP contribution in [0.25, 0.3) is 0 Å². The molecule has 0 radical (unpaired) electrons. The molecule has 0 bridgehead atoms. The second-order valence-electron chi connectivity index (χ2n) is 3.85. The van der Waals surface area contributed by atoms with Crippen molar-refractivity contribution in [2.75, 3.05) is 6.61 Å². The zero-order valence-electron chi connectivity index (χ0n) is 8.42. The van der Waals surface area contributed by atoms with Crippen molar-refractivity contribution in [2.45, 2.75) is 33.8 Å². The quantitative estimate of drug-likeness (QED) is 0.544. The van der Waals surface area contributed by atoms with Gasteiger partial charge in [0, 0.05) is 5.92 Å². The monoisotopic (exact) mass is 166 g/mol. The van der Waals surface area contributed by atoms with Crippen LogP contribution >= 0.6 is 0 Å². The molecule has 0 saturated heterocycles. The van der Waals surface area contributed by atoms with Gasteiger partial charge in [0.25, 0.3) is 0 Å². The summed E-state index contributed by atoms with van der Waals surface area (Å²) in [4.78, 5) is 0. The molecule has 0 aromatic rings. The normalized spacial score (nSPS) is 29.5. The highest BCUT2D eigenvalue weighted by Crippen LogP contribution is 2.19. The lowest BCUT2D eigenvalue weighted by atomic mass is 9.99. The van der Waals surface area contributed by atoms with Crippen LogP contribution < -0.4 is 0 Å². The van der Waals surface area contributed by atoms with E-state index in [-0.39, 0.29) is 6.10 Å². The molecule has 12 heavy (non-hydrogen) atoms. The van der Waals surface area contributed by atoms with Crippen LogP contribution in [-0.4, -0.2) is 12.7 Å². The lowest BCUT2D eigenvalue weighted by Gasteiger charge is -2.23. The van der Waals surface area contributed by atoms with E-state index in [0.29, 0.717) is 5.92 Å². The van der Waals surface area contributed by atoms with Crippen LogP contribution in [0.1, 0.15) is 27.7 Å². The first-order valence-electron chi connectivity index (χ1n) is 4.54. The van der Waals surface area contributed by atoms with E-state index in [1.165, 1.54) is 11.1 Å². The molecule has 1 aliphatic heterocycles. The highest BCUT2D eigenvalue weighted by Gasteiger charge is 2.14. The number of hydrogen-bond donors (Lipinski definition) is 0. The second-order valence-corrected chi connectivity index (χ2v) is 3.85. The third-order valence-corrected chi connectivity index (χ3v) is 2.24. The average molecular weight is 166 g/mol. The molecular formula is C11H18O. The minimum atomic E-state index is 0.214. The van der Waals surface area contributed by atoms with Gasteiger partial charge in [-0.25, -0.2) is 0 Å². The third-order valence-electron chi connectivity index (χ3n) is 2.24. The van der Waals surface area contributed by atoms with Gasteiger partial charge in [0.1, 0.15) is 0 Å². The van der Waals surface area contributed by atoms with Crippen LogP contribution in [0.15, 0.2) is 23.3 Å². The first-order valence-corrected chi connectivity index (χ1v) is 4.54. The van der Waals surface area contributed by atoms with Crippen LogP contribution in [0.4, 0.5) is 0 Å². The highest BCUT2D eigenvalue weighted by molar-refractivity contribution is 5.15. The smallest absolute Gasteiger partial charge is 0.0942 e. The van der Waals surface area contributed by atoms with Crippen LogP contribution in [0, 0.1) is 5.92 Å². The zero-order valence-corrected chi connectivity index (χ0v) is 8.42. The Balaban J connectivity index is 2.66. The number of allylic oxidation sites excluding steroid dienone is 1. The highest BCUT2D eigenvalue weighted by atomic mass is 16.5. The van der Waals surface area contributed by atoms with Crippen LogP contribution in [-0.2, 0) is 4.74 Å². The van der Waals surface area contributed by atoms with Crippen molar-refractivity contribution in [2.24, 2.45) is 5.92 Å². The first-order chi connectivity index (χ1) is 5.59. The summed E-state index contributed by atoms with van der Waals surface area (Å²) in [7, 11) is 0. The van der Waals surface area contributed by atoms with Gasteiger partial charge in [0.05, 0.1) is 12.7 Å². The van der Waals surface area contributed by atoms with Gasteiger partial charge in [0.2, 0.25) is 0 Å². The molecule has 0 saturated carbocycles. The summed E-state index contributed by atoms with van der Waals surface area (Å²) in [5.74, 6) is 0.590. The van der Waals surface area contributed by atoms with Crippen LogP contribution in [0.3, 0.4) is 0 Å². The Hall–Kier alpha value is -0.560. The number of hydrogen-bond acceptors (Lipinski definition) is 1. The average Bonchev–Trinajstić information content (AvgIpc) is 1.96. The van der Waals surface area contributed by atoms with Crippen molar-refractivity contribution >= 4 is 0 Å². The van der Waals surface area contributed by atoms with Gasteiger partial charge in [-0.2, -0.15) is 0 Å². The Labute approximate surface area is 75.1 Å². The van der Waals surface area contributed by atoms with Crippen molar-refractivity contribution in [3.8, 4) is 0 Å². The third kappa shape index (κ3) is 2.49. The summed E-state index contributed by atoms with van der Waals surface area (Å²) in [5, 5.41) is 0.